The standard InChI is InChI=1S/C9H10ClNO2/c1-6-3-4-8(11(12)13)5-9(6)7(2)10/h3-5,7H,1-2H3. The number of non-ortho nitro benzene ring substituents is 1. The molecule has 0 N–H and O–H groups in total. The molecule has 1 aromatic carbocycles. The third-order valence-electron chi connectivity index (χ3n) is 1.90. The number of benzene rings is 1. The molecule has 0 saturated carbocycles. The highest BCUT2D eigenvalue weighted by Gasteiger charge is 2.11. The van der Waals surface area contributed by atoms with E-state index in [-0.39, 0.29) is 11.1 Å². The van der Waals surface area contributed by atoms with Gasteiger partial charge in [0.2, 0.25) is 0 Å². The number of aryl methyl sites for hydroxylation is 1. The number of alkyl halides is 1. The molecule has 1 unspecified atom stereocenters. The highest BCUT2D eigenvalue weighted by Crippen LogP contribution is 2.26. The normalized spacial score (nSPS) is 12.5. The molecule has 0 fully saturated rings. The monoisotopic (exact) mass is 199 g/mol. The number of halogens is 1. The molecule has 4 heteroatoms. The first-order valence-electron chi connectivity index (χ1n) is 3.91. The lowest BCUT2D eigenvalue weighted by atomic mass is 10.1. The van der Waals surface area contributed by atoms with Crippen LogP contribution in [0.4, 0.5) is 5.69 Å². The van der Waals surface area contributed by atoms with Gasteiger partial charge in [-0.15, -0.1) is 11.6 Å². The van der Waals surface area contributed by atoms with E-state index in [0.29, 0.717) is 0 Å². The fourth-order valence-electron chi connectivity index (χ4n) is 1.17. The van der Waals surface area contributed by atoms with Crippen molar-refractivity contribution in [1.82, 2.24) is 0 Å². The summed E-state index contributed by atoms with van der Waals surface area (Å²) in [4.78, 5) is 10.0. The molecule has 1 aromatic rings. The highest BCUT2D eigenvalue weighted by molar-refractivity contribution is 6.20. The zero-order valence-corrected chi connectivity index (χ0v) is 8.21. The summed E-state index contributed by atoms with van der Waals surface area (Å²) in [5, 5.41) is 10.3. The van der Waals surface area contributed by atoms with Crippen molar-refractivity contribution in [2.24, 2.45) is 0 Å². The Kier molecular flexibility index (Phi) is 2.88. The van der Waals surface area contributed by atoms with Gasteiger partial charge in [-0.2, -0.15) is 0 Å². The second kappa shape index (κ2) is 3.75. The summed E-state index contributed by atoms with van der Waals surface area (Å²) >= 11 is 5.86. The van der Waals surface area contributed by atoms with Gasteiger partial charge < -0.3 is 0 Å². The Bertz CT molecular complexity index is 336. The van der Waals surface area contributed by atoms with Gasteiger partial charge in [-0.1, -0.05) is 6.07 Å². The molecule has 0 spiro atoms. The zero-order valence-electron chi connectivity index (χ0n) is 7.45. The smallest absolute Gasteiger partial charge is 0.258 e. The average molecular weight is 200 g/mol. The van der Waals surface area contributed by atoms with Gasteiger partial charge in [0, 0.05) is 12.1 Å². The summed E-state index contributed by atoms with van der Waals surface area (Å²) in [6, 6.07) is 4.72. The van der Waals surface area contributed by atoms with Crippen molar-refractivity contribution in [1.29, 1.82) is 0 Å². The van der Waals surface area contributed by atoms with Crippen LogP contribution < -0.4 is 0 Å². The zero-order chi connectivity index (χ0) is 10.0. The van der Waals surface area contributed by atoms with Gasteiger partial charge in [-0.3, -0.25) is 10.1 Å². The van der Waals surface area contributed by atoms with Gasteiger partial charge in [0.1, 0.15) is 0 Å². The van der Waals surface area contributed by atoms with Crippen LogP contribution in [0.1, 0.15) is 23.4 Å². The van der Waals surface area contributed by atoms with Crippen molar-refractivity contribution in [2.75, 3.05) is 0 Å². The van der Waals surface area contributed by atoms with Gasteiger partial charge in [-0.25, -0.2) is 0 Å². The number of hydrogen-bond acceptors (Lipinski definition) is 2. The van der Waals surface area contributed by atoms with E-state index < -0.39 is 4.92 Å². The van der Waals surface area contributed by atoms with E-state index in [1.54, 1.807) is 13.0 Å². The van der Waals surface area contributed by atoms with E-state index >= 15 is 0 Å². The van der Waals surface area contributed by atoms with Gasteiger partial charge >= 0.3 is 0 Å². The van der Waals surface area contributed by atoms with Crippen LogP contribution in [-0.4, -0.2) is 4.92 Å². The molecule has 13 heavy (non-hydrogen) atoms. The topological polar surface area (TPSA) is 43.1 Å². The van der Waals surface area contributed by atoms with Crippen LogP contribution in [0, 0.1) is 17.0 Å². The summed E-state index contributed by atoms with van der Waals surface area (Å²) in [6.45, 7) is 3.69. The molecule has 0 aliphatic carbocycles. The van der Waals surface area contributed by atoms with Gasteiger partial charge in [-0.05, 0) is 25.0 Å². The number of nitro benzene ring substituents is 1. The number of nitro groups is 1. The van der Waals surface area contributed by atoms with Crippen molar-refractivity contribution in [3.8, 4) is 0 Å². The first-order chi connectivity index (χ1) is 6.02. The molecule has 1 atom stereocenters. The van der Waals surface area contributed by atoms with Gasteiger partial charge in [0.15, 0.2) is 0 Å². The maximum Gasteiger partial charge on any atom is 0.269 e. The third kappa shape index (κ3) is 2.18. The fourth-order valence-corrected chi connectivity index (χ4v) is 1.41. The van der Waals surface area contributed by atoms with E-state index in [4.69, 9.17) is 11.6 Å². The second-order valence-electron chi connectivity index (χ2n) is 2.91. The van der Waals surface area contributed by atoms with Crippen LogP contribution in [0.15, 0.2) is 18.2 Å². The lowest BCUT2D eigenvalue weighted by Gasteiger charge is -2.06. The SMILES string of the molecule is Cc1ccc([N+](=O)[O-])cc1C(C)Cl. The first kappa shape index (κ1) is 9.99. The summed E-state index contributed by atoms with van der Waals surface area (Å²) in [5.74, 6) is 0. The van der Waals surface area contributed by atoms with Crippen molar-refractivity contribution in [3.05, 3.63) is 39.4 Å². The van der Waals surface area contributed by atoms with E-state index in [1.165, 1.54) is 12.1 Å². The van der Waals surface area contributed by atoms with Gasteiger partial charge in [0.05, 0.1) is 10.3 Å². The van der Waals surface area contributed by atoms with E-state index in [2.05, 4.69) is 0 Å². The van der Waals surface area contributed by atoms with Crippen LogP contribution in [0.3, 0.4) is 0 Å². The highest BCUT2D eigenvalue weighted by atomic mass is 35.5. The lowest BCUT2D eigenvalue weighted by molar-refractivity contribution is -0.384. The molecule has 70 valence electrons. The molecule has 0 aliphatic rings. The van der Waals surface area contributed by atoms with E-state index in [9.17, 15) is 10.1 Å². The molecule has 3 nitrogen and oxygen atoms in total. The van der Waals surface area contributed by atoms with Crippen LogP contribution in [0.5, 0.6) is 0 Å². The molecule has 0 aliphatic heterocycles. The average Bonchev–Trinajstić information content (AvgIpc) is 2.04. The predicted octanol–water partition coefficient (Wildman–Crippen LogP) is 3.20. The third-order valence-corrected chi connectivity index (χ3v) is 2.14. The minimum atomic E-state index is -0.414. The van der Waals surface area contributed by atoms with E-state index in [1.807, 2.05) is 6.92 Å². The summed E-state index contributed by atoms with van der Waals surface area (Å²) in [6.07, 6.45) is 0. The maximum atomic E-state index is 10.4. The quantitative estimate of drug-likeness (QED) is 0.417. The van der Waals surface area contributed by atoms with Crippen LogP contribution in [0.2, 0.25) is 0 Å². The molecule has 0 aromatic heterocycles. The maximum absolute atomic E-state index is 10.4. The van der Waals surface area contributed by atoms with Crippen molar-refractivity contribution >= 4 is 17.3 Å². The van der Waals surface area contributed by atoms with Crippen LogP contribution in [-0.2, 0) is 0 Å². The Morgan fingerprint density at radius 3 is 2.62 bits per heavy atom. The molecule has 0 bridgehead atoms. The Morgan fingerprint density at radius 1 is 1.54 bits per heavy atom. The molecule has 0 heterocycles. The minimum absolute atomic E-state index is 0.0908. The fraction of sp³-hybridized carbons (Fsp3) is 0.333. The van der Waals surface area contributed by atoms with Crippen LogP contribution in [0.25, 0.3) is 0 Å². The minimum Gasteiger partial charge on any atom is -0.258 e. The summed E-state index contributed by atoms with van der Waals surface area (Å²) < 4.78 is 0. The summed E-state index contributed by atoms with van der Waals surface area (Å²) in [7, 11) is 0. The Hall–Kier alpha value is -1.09. The Balaban J connectivity index is 3.19. The van der Waals surface area contributed by atoms with Crippen molar-refractivity contribution in [3.63, 3.8) is 0 Å². The lowest BCUT2D eigenvalue weighted by Crippen LogP contribution is -1.93. The largest absolute Gasteiger partial charge is 0.269 e. The molecular formula is C9H10ClNO2. The number of hydrogen-bond donors (Lipinski definition) is 0. The molecule has 1 rings (SSSR count). The number of nitrogens with zero attached hydrogens (tertiary/aromatic N) is 1. The molecule has 0 saturated heterocycles. The van der Waals surface area contributed by atoms with Crippen LogP contribution >= 0.6 is 11.6 Å². The Labute approximate surface area is 81.5 Å². The second-order valence-corrected chi connectivity index (χ2v) is 3.57. The van der Waals surface area contributed by atoms with Gasteiger partial charge in [0.25, 0.3) is 5.69 Å². The molecule has 0 radical (unpaired) electrons. The van der Waals surface area contributed by atoms with E-state index in [0.717, 1.165) is 11.1 Å². The Morgan fingerprint density at radius 2 is 2.15 bits per heavy atom. The molecule has 0 amide bonds. The molecular weight excluding hydrogens is 190 g/mol. The van der Waals surface area contributed by atoms with Crippen molar-refractivity contribution < 1.29 is 4.92 Å². The predicted molar refractivity (Wildman–Crippen MR) is 52.1 cm³/mol. The first-order valence-corrected chi connectivity index (χ1v) is 4.35. The van der Waals surface area contributed by atoms with Crippen molar-refractivity contribution in [2.45, 2.75) is 19.2 Å². The number of rotatable bonds is 2. The summed E-state index contributed by atoms with van der Waals surface area (Å²) in [5.41, 5.74) is 1.89.